The Morgan fingerprint density at radius 2 is 1.92 bits per heavy atom. The molecule has 0 aliphatic heterocycles. The van der Waals surface area contributed by atoms with Gasteiger partial charge in [0.2, 0.25) is 0 Å². The summed E-state index contributed by atoms with van der Waals surface area (Å²) in [4.78, 5) is 13.7. The first kappa shape index (κ1) is 17.8. The molecule has 2 heterocycles. The molecule has 0 spiro atoms. The number of rotatable bonds is 4. The van der Waals surface area contributed by atoms with Crippen LogP contribution in [-0.4, -0.2) is 23.1 Å². The van der Waals surface area contributed by atoms with Gasteiger partial charge in [0.05, 0.1) is 11.3 Å². The maximum atomic E-state index is 13.3. The fourth-order valence-corrected chi connectivity index (χ4v) is 4.66. The van der Waals surface area contributed by atoms with Gasteiger partial charge in [0.1, 0.15) is 10.6 Å². The van der Waals surface area contributed by atoms with Gasteiger partial charge in [0.25, 0.3) is 15.7 Å². The van der Waals surface area contributed by atoms with Crippen LogP contribution in [0, 0.1) is 12.7 Å². The third-order valence-corrected chi connectivity index (χ3v) is 5.95. The number of benzene rings is 1. The molecule has 0 aliphatic rings. The minimum absolute atomic E-state index is 0.292. The van der Waals surface area contributed by atoms with Crippen molar-refractivity contribution in [3.8, 4) is 11.1 Å². The minimum atomic E-state index is -4.20. The molecule has 0 radical (unpaired) electrons. The van der Waals surface area contributed by atoms with Gasteiger partial charge in [-0.3, -0.25) is 13.7 Å². The van der Waals surface area contributed by atoms with Gasteiger partial charge in [-0.05, 0) is 42.2 Å². The van der Waals surface area contributed by atoms with Gasteiger partial charge in [0.15, 0.2) is 0 Å². The van der Waals surface area contributed by atoms with Crippen molar-refractivity contribution in [2.24, 2.45) is 0 Å². The quantitative estimate of drug-likeness (QED) is 0.702. The molecule has 1 aromatic carbocycles. The van der Waals surface area contributed by atoms with E-state index in [-0.39, 0.29) is 5.56 Å². The predicted molar refractivity (Wildman–Crippen MR) is 96.5 cm³/mol. The molecule has 0 bridgehead atoms. The zero-order valence-electron chi connectivity index (χ0n) is 13.6. The Morgan fingerprint density at radius 3 is 2.52 bits per heavy atom. The third-order valence-electron chi connectivity index (χ3n) is 4.03. The first-order valence-corrected chi connectivity index (χ1v) is 10.0. The number of halogens is 1. The highest BCUT2D eigenvalue weighted by atomic mass is 32.2. The molecular formula is C17H16FNO4S2. The van der Waals surface area contributed by atoms with E-state index in [2.05, 4.69) is 0 Å². The molecule has 0 amide bonds. The van der Waals surface area contributed by atoms with Crippen LogP contribution in [0.15, 0.2) is 40.5 Å². The number of hydrogen-bond donors (Lipinski definition) is 1. The van der Waals surface area contributed by atoms with Crippen LogP contribution in [0.5, 0.6) is 0 Å². The maximum absolute atomic E-state index is 13.3. The van der Waals surface area contributed by atoms with Crippen molar-refractivity contribution in [3.05, 3.63) is 63.1 Å². The van der Waals surface area contributed by atoms with Crippen molar-refractivity contribution in [3.63, 3.8) is 0 Å². The van der Waals surface area contributed by atoms with Gasteiger partial charge in [-0.1, -0.05) is 19.1 Å². The van der Waals surface area contributed by atoms with Gasteiger partial charge < -0.3 is 0 Å². The molecule has 0 saturated heterocycles. The lowest BCUT2D eigenvalue weighted by Crippen LogP contribution is -2.21. The fourth-order valence-electron chi connectivity index (χ4n) is 2.93. The third kappa shape index (κ3) is 3.51. The topological polar surface area (TPSA) is 75.8 Å². The van der Waals surface area contributed by atoms with E-state index in [0.717, 1.165) is 5.69 Å². The molecule has 1 unspecified atom stereocenters. The maximum Gasteiger partial charge on any atom is 0.265 e. The van der Waals surface area contributed by atoms with Crippen LogP contribution in [0.25, 0.3) is 16.0 Å². The number of nitrogens with zero attached hydrogens (tertiary/aromatic N) is 1. The summed E-state index contributed by atoms with van der Waals surface area (Å²) >= 11 is 1.38. The molecule has 1 atom stereocenters. The highest BCUT2D eigenvalue weighted by molar-refractivity contribution is 7.85. The van der Waals surface area contributed by atoms with Crippen LogP contribution in [-0.2, 0) is 10.1 Å². The van der Waals surface area contributed by atoms with Crippen molar-refractivity contribution in [1.29, 1.82) is 0 Å². The van der Waals surface area contributed by atoms with Crippen molar-refractivity contribution < 1.29 is 17.4 Å². The van der Waals surface area contributed by atoms with Gasteiger partial charge in [0, 0.05) is 11.1 Å². The Labute approximate surface area is 148 Å². The van der Waals surface area contributed by atoms with Crippen LogP contribution in [0.2, 0.25) is 0 Å². The van der Waals surface area contributed by atoms with Gasteiger partial charge in [-0.25, -0.2) is 4.39 Å². The molecule has 2 aromatic heterocycles. The summed E-state index contributed by atoms with van der Waals surface area (Å²) in [6, 6.07) is 7.24. The predicted octanol–water partition coefficient (Wildman–Crippen LogP) is 3.47. The summed E-state index contributed by atoms with van der Waals surface area (Å²) < 4.78 is 46.6. The van der Waals surface area contributed by atoms with Crippen molar-refractivity contribution in [2.45, 2.75) is 19.8 Å². The fraction of sp³-hybridized carbons (Fsp3) is 0.235. The van der Waals surface area contributed by atoms with E-state index in [0.29, 0.717) is 21.5 Å². The first-order valence-electron chi connectivity index (χ1n) is 7.52. The SMILES string of the molecule is Cc1csc2cc(C(C)CS(=O)(=O)O)c(-c3ccc(F)cc3)c(=O)n12. The molecule has 3 rings (SSSR count). The molecule has 1 N–H and O–H groups in total. The summed E-state index contributed by atoms with van der Waals surface area (Å²) in [6.07, 6.45) is 0. The number of hydrogen-bond acceptors (Lipinski definition) is 4. The smallest absolute Gasteiger partial charge is 0.265 e. The lowest BCUT2D eigenvalue weighted by Gasteiger charge is -2.16. The summed E-state index contributed by atoms with van der Waals surface area (Å²) in [5.74, 6) is -1.53. The van der Waals surface area contributed by atoms with Crippen LogP contribution < -0.4 is 5.56 Å². The molecule has 0 aliphatic carbocycles. The number of aryl methyl sites for hydroxylation is 1. The summed E-state index contributed by atoms with van der Waals surface area (Å²) in [6.45, 7) is 3.44. The Bertz CT molecular complexity index is 1100. The summed E-state index contributed by atoms with van der Waals surface area (Å²) in [7, 11) is -4.20. The van der Waals surface area contributed by atoms with E-state index < -0.39 is 27.6 Å². The zero-order valence-corrected chi connectivity index (χ0v) is 15.2. The number of pyridine rings is 1. The van der Waals surface area contributed by atoms with Crippen LogP contribution in [0.3, 0.4) is 0 Å². The van der Waals surface area contributed by atoms with Gasteiger partial charge >= 0.3 is 0 Å². The molecule has 0 saturated carbocycles. The number of thiazole rings is 1. The average Bonchev–Trinajstić information content (AvgIpc) is 2.88. The van der Waals surface area contributed by atoms with Gasteiger partial charge in [-0.2, -0.15) is 8.42 Å². The highest BCUT2D eigenvalue weighted by Gasteiger charge is 2.22. The van der Waals surface area contributed by atoms with Gasteiger partial charge in [-0.15, -0.1) is 11.3 Å². The van der Waals surface area contributed by atoms with Crippen molar-refractivity contribution in [1.82, 2.24) is 4.40 Å². The van der Waals surface area contributed by atoms with E-state index in [1.807, 2.05) is 5.38 Å². The molecule has 8 heteroatoms. The Morgan fingerprint density at radius 1 is 1.28 bits per heavy atom. The minimum Gasteiger partial charge on any atom is -0.286 e. The second-order valence-corrected chi connectivity index (χ2v) is 8.37. The lowest BCUT2D eigenvalue weighted by molar-refractivity contribution is 0.479. The normalized spacial score (nSPS) is 13.3. The first-order chi connectivity index (χ1) is 11.7. The second-order valence-electron chi connectivity index (χ2n) is 5.99. The Hall–Kier alpha value is -2.03. The molecule has 0 fully saturated rings. The van der Waals surface area contributed by atoms with E-state index in [1.165, 1.54) is 35.6 Å². The molecule has 3 aromatic rings. The number of fused-ring (bicyclic) bond motifs is 1. The second kappa shape index (κ2) is 6.36. The number of aromatic nitrogens is 1. The van der Waals surface area contributed by atoms with E-state index in [9.17, 15) is 22.2 Å². The Balaban J connectivity index is 2.32. The molecule has 25 heavy (non-hydrogen) atoms. The van der Waals surface area contributed by atoms with Crippen molar-refractivity contribution >= 4 is 26.3 Å². The molecule has 132 valence electrons. The van der Waals surface area contributed by atoms with Crippen LogP contribution in [0.4, 0.5) is 4.39 Å². The average molecular weight is 381 g/mol. The van der Waals surface area contributed by atoms with E-state index in [1.54, 1.807) is 24.3 Å². The van der Waals surface area contributed by atoms with Crippen LogP contribution >= 0.6 is 11.3 Å². The Kier molecular flexibility index (Phi) is 4.52. The van der Waals surface area contributed by atoms with E-state index >= 15 is 0 Å². The zero-order chi connectivity index (χ0) is 18.4. The summed E-state index contributed by atoms with van der Waals surface area (Å²) in [5, 5.41) is 1.84. The summed E-state index contributed by atoms with van der Waals surface area (Å²) in [5.41, 5.74) is 1.80. The monoisotopic (exact) mass is 381 g/mol. The molecule has 5 nitrogen and oxygen atoms in total. The highest BCUT2D eigenvalue weighted by Crippen LogP contribution is 2.30. The lowest BCUT2D eigenvalue weighted by atomic mass is 9.94. The van der Waals surface area contributed by atoms with Crippen molar-refractivity contribution in [2.75, 3.05) is 5.75 Å². The molecular weight excluding hydrogens is 365 g/mol. The largest absolute Gasteiger partial charge is 0.286 e. The standard InChI is InChI=1S/C17H16FNO4S2/c1-10(9-25(21,22)23)14-7-15-19(11(2)8-24-15)17(20)16(14)12-3-5-13(18)6-4-12/h3-8,10H,9H2,1-2H3,(H,21,22,23). The van der Waals surface area contributed by atoms with Crippen LogP contribution in [0.1, 0.15) is 24.1 Å². The van der Waals surface area contributed by atoms with E-state index in [4.69, 9.17) is 0 Å².